The molecule has 2 saturated heterocycles. The standard InChI is InChI=1S/C22H26FN3O4/c1-22-11-25(9-12(22)4-3-7-24-22)18-16(23)8-14-17(20(18)30-2)26(13-5-6-13)10-15(19(14)27)21(28)29/h8,10,12-13,24H,3-7,9,11H2,1-2H3,(H,28,29)/t12-,22+/m0/s1. The normalized spacial score (nSPS) is 26.1. The Balaban J connectivity index is 1.74. The summed E-state index contributed by atoms with van der Waals surface area (Å²) in [6.07, 6.45) is 5.36. The van der Waals surface area contributed by atoms with Crippen LogP contribution >= 0.6 is 0 Å². The van der Waals surface area contributed by atoms with E-state index in [0.29, 0.717) is 36.0 Å². The number of aromatic nitrogens is 1. The van der Waals surface area contributed by atoms with Crippen molar-refractivity contribution in [3.8, 4) is 5.75 Å². The van der Waals surface area contributed by atoms with Gasteiger partial charge in [-0.3, -0.25) is 4.79 Å². The molecule has 3 fully saturated rings. The summed E-state index contributed by atoms with van der Waals surface area (Å²) in [6.45, 7) is 4.50. The van der Waals surface area contributed by atoms with Crippen LogP contribution < -0.4 is 20.4 Å². The number of nitrogens with zero attached hydrogens (tertiary/aromatic N) is 2. The first-order valence-electron chi connectivity index (χ1n) is 10.5. The minimum absolute atomic E-state index is 0.0563. The van der Waals surface area contributed by atoms with Crippen LogP contribution in [0.2, 0.25) is 0 Å². The number of carbonyl (C=O) groups is 1. The Morgan fingerprint density at radius 2 is 2.13 bits per heavy atom. The molecule has 1 aromatic carbocycles. The number of rotatable bonds is 4. The molecule has 0 unspecified atom stereocenters. The fourth-order valence-corrected chi connectivity index (χ4v) is 5.28. The summed E-state index contributed by atoms with van der Waals surface area (Å²) in [5, 5.41) is 13.1. The average Bonchev–Trinajstić information content (AvgIpc) is 3.48. The topological polar surface area (TPSA) is 83.8 Å². The van der Waals surface area contributed by atoms with E-state index in [2.05, 4.69) is 12.2 Å². The maximum atomic E-state index is 15.4. The lowest BCUT2D eigenvalue weighted by atomic mass is 9.82. The number of carboxylic acids is 1. The number of nitrogens with one attached hydrogen (secondary N) is 1. The molecule has 1 aliphatic carbocycles. The Morgan fingerprint density at radius 1 is 1.37 bits per heavy atom. The van der Waals surface area contributed by atoms with Gasteiger partial charge in [-0.15, -0.1) is 0 Å². The van der Waals surface area contributed by atoms with Crippen LogP contribution in [0, 0.1) is 11.7 Å². The monoisotopic (exact) mass is 415 g/mol. The van der Waals surface area contributed by atoms with E-state index >= 15 is 4.39 Å². The van der Waals surface area contributed by atoms with Gasteiger partial charge in [-0.2, -0.15) is 0 Å². The number of ether oxygens (including phenoxy) is 1. The minimum Gasteiger partial charge on any atom is -0.492 e. The highest BCUT2D eigenvalue weighted by atomic mass is 19.1. The van der Waals surface area contributed by atoms with Gasteiger partial charge in [0.2, 0.25) is 5.43 Å². The van der Waals surface area contributed by atoms with Crippen molar-refractivity contribution in [1.29, 1.82) is 0 Å². The third-order valence-electron chi connectivity index (χ3n) is 7.01. The number of hydrogen-bond acceptors (Lipinski definition) is 5. The van der Waals surface area contributed by atoms with Crippen molar-refractivity contribution in [2.75, 3.05) is 31.6 Å². The number of fused-ring (bicyclic) bond motifs is 2. The van der Waals surface area contributed by atoms with Gasteiger partial charge in [0.1, 0.15) is 11.3 Å². The zero-order valence-electron chi connectivity index (χ0n) is 17.2. The van der Waals surface area contributed by atoms with Gasteiger partial charge in [-0.05, 0) is 51.1 Å². The average molecular weight is 415 g/mol. The molecule has 0 bridgehead atoms. The third-order valence-corrected chi connectivity index (χ3v) is 7.01. The molecule has 2 atom stereocenters. The van der Waals surface area contributed by atoms with Crippen molar-refractivity contribution in [3.05, 3.63) is 33.9 Å². The first kappa shape index (κ1) is 19.4. The summed E-state index contributed by atoms with van der Waals surface area (Å²) in [5.41, 5.74) is -0.262. The number of piperidine rings is 1. The fraction of sp³-hybridized carbons (Fsp3) is 0.545. The Hall–Kier alpha value is -2.61. The highest BCUT2D eigenvalue weighted by molar-refractivity contribution is 5.97. The smallest absolute Gasteiger partial charge is 0.341 e. The number of carboxylic acid groups (broad SMARTS) is 1. The molecule has 5 rings (SSSR count). The maximum Gasteiger partial charge on any atom is 0.341 e. The van der Waals surface area contributed by atoms with E-state index in [1.54, 1.807) is 4.57 Å². The Morgan fingerprint density at radius 3 is 2.77 bits per heavy atom. The number of aromatic carboxylic acids is 1. The molecule has 160 valence electrons. The Kier molecular flexibility index (Phi) is 4.32. The second kappa shape index (κ2) is 6.70. The molecule has 0 radical (unpaired) electrons. The van der Waals surface area contributed by atoms with Gasteiger partial charge < -0.3 is 24.6 Å². The Labute approximate surface area is 173 Å². The van der Waals surface area contributed by atoms with Crippen LogP contribution in [0.4, 0.5) is 10.1 Å². The maximum absolute atomic E-state index is 15.4. The number of hydrogen-bond donors (Lipinski definition) is 2. The second-order valence-electron chi connectivity index (χ2n) is 9.02. The van der Waals surface area contributed by atoms with Gasteiger partial charge >= 0.3 is 5.97 Å². The molecule has 3 heterocycles. The molecule has 7 nitrogen and oxygen atoms in total. The fourth-order valence-electron chi connectivity index (χ4n) is 5.28. The zero-order valence-corrected chi connectivity index (χ0v) is 17.2. The van der Waals surface area contributed by atoms with Crippen LogP contribution in [-0.4, -0.2) is 47.9 Å². The largest absolute Gasteiger partial charge is 0.492 e. The van der Waals surface area contributed by atoms with E-state index in [4.69, 9.17) is 4.74 Å². The van der Waals surface area contributed by atoms with Crippen LogP contribution in [0.15, 0.2) is 17.1 Å². The van der Waals surface area contributed by atoms with Crippen LogP contribution in [0.3, 0.4) is 0 Å². The van der Waals surface area contributed by atoms with E-state index in [9.17, 15) is 14.7 Å². The van der Waals surface area contributed by atoms with Crippen molar-refractivity contribution in [2.45, 2.75) is 44.2 Å². The minimum atomic E-state index is -1.30. The van der Waals surface area contributed by atoms with Crippen molar-refractivity contribution in [3.63, 3.8) is 0 Å². The van der Waals surface area contributed by atoms with Crippen LogP contribution in [0.1, 0.15) is 49.0 Å². The van der Waals surface area contributed by atoms with Crippen molar-refractivity contribution < 1.29 is 19.0 Å². The first-order valence-corrected chi connectivity index (χ1v) is 10.5. The molecule has 0 amide bonds. The number of benzene rings is 1. The molecule has 8 heteroatoms. The summed E-state index contributed by atoms with van der Waals surface area (Å²) in [7, 11) is 1.48. The molecule has 1 aromatic heterocycles. The molecular weight excluding hydrogens is 389 g/mol. The lowest BCUT2D eigenvalue weighted by Gasteiger charge is -2.36. The number of methoxy groups -OCH3 is 1. The first-order chi connectivity index (χ1) is 14.3. The number of pyridine rings is 1. The summed E-state index contributed by atoms with van der Waals surface area (Å²) in [6, 6.07) is 1.29. The lowest BCUT2D eigenvalue weighted by molar-refractivity contribution is 0.0695. The van der Waals surface area contributed by atoms with E-state index < -0.39 is 17.2 Å². The third kappa shape index (κ3) is 2.80. The SMILES string of the molecule is COc1c(N2C[C@@H]3CCCN[C@]3(C)C2)c(F)cc2c(=O)c(C(=O)O)cn(C3CC3)c12. The van der Waals surface area contributed by atoms with Gasteiger partial charge in [0.25, 0.3) is 0 Å². The molecule has 0 spiro atoms. The van der Waals surface area contributed by atoms with Gasteiger partial charge in [0, 0.05) is 30.9 Å². The summed E-state index contributed by atoms with van der Waals surface area (Å²) in [4.78, 5) is 26.5. The molecule has 3 aliphatic rings. The predicted octanol–water partition coefficient (Wildman–Crippen LogP) is 2.76. The van der Waals surface area contributed by atoms with Crippen molar-refractivity contribution >= 4 is 22.6 Å². The zero-order chi connectivity index (χ0) is 21.2. The molecule has 2 aliphatic heterocycles. The molecule has 30 heavy (non-hydrogen) atoms. The highest BCUT2D eigenvalue weighted by Crippen LogP contribution is 2.46. The molecular formula is C22H26FN3O4. The van der Waals surface area contributed by atoms with E-state index in [1.807, 2.05) is 4.90 Å². The van der Waals surface area contributed by atoms with Crippen molar-refractivity contribution in [1.82, 2.24) is 9.88 Å². The quantitative estimate of drug-likeness (QED) is 0.799. The summed E-state index contributed by atoms with van der Waals surface area (Å²) < 4.78 is 22.9. The van der Waals surface area contributed by atoms with Crippen LogP contribution in [0.5, 0.6) is 5.75 Å². The van der Waals surface area contributed by atoms with E-state index in [-0.39, 0.29) is 22.5 Å². The Bertz CT molecular complexity index is 1110. The molecule has 2 aromatic rings. The van der Waals surface area contributed by atoms with E-state index in [1.165, 1.54) is 19.4 Å². The number of anilines is 1. The lowest BCUT2D eigenvalue weighted by Crippen LogP contribution is -2.52. The van der Waals surface area contributed by atoms with Crippen molar-refractivity contribution in [2.24, 2.45) is 5.92 Å². The molecule has 1 saturated carbocycles. The number of halogens is 1. The summed E-state index contributed by atoms with van der Waals surface area (Å²) in [5.74, 6) is -1.13. The van der Waals surface area contributed by atoms with Gasteiger partial charge in [-0.1, -0.05) is 0 Å². The summed E-state index contributed by atoms with van der Waals surface area (Å²) >= 11 is 0. The van der Waals surface area contributed by atoms with Crippen LogP contribution in [-0.2, 0) is 0 Å². The van der Waals surface area contributed by atoms with Gasteiger partial charge in [-0.25, -0.2) is 9.18 Å². The van der Waals surface area contributed by atoms with E-state index in [0.717, 1.165) is 32.2 Å². The van der Waals surface area contributed by atoms with Gasteiger partial charge in [0.05, 0.1) is 18.0 Å². The predicted molar refractivity (Wildman–Crippen MR) is 111 cm³/mol. The second-order valence-corrected chi connectivity index (χ2v) is 9.02. The van der Waals surface area contributed by atoms with Crippen LogP contribution in [0.25, 0.3) is 10.9 Å². The van der Waals surface area contributed by atoms with Gasteiger partial charge in [0.15, 0.2) is 11.6 Å². The molecule has 2 N–H and O–H groups in total. The highest BCUT2D eigenvalue weighted by Gasteiger charge is 2.45.